The number of rotatable bonds is 6. The fraction of sp³-hybridized carbons (Fsp3) is 0.667. The lowest BCUT2D eigenvalue weighted by Gasteiger charge is -2.19. The van der Waals surface area contributed by atoms with Gasteiger partial charge in [-0.25, -0.2) is 4.98 Å². The third-order valence-corrected chi connectivity index (χ3v) is 2.07. The maximum Gasteiger partial charge on any atom is 0.262 e. The molecule has 0 bridgehead atoms. The van der Waals surface area contributed by atoms with Crippen LogP contribution in [0.3, 0.4) is 0 Å². The molecule has 1 N–H and O–H groups in total. The van der Waals surface area contributed by atoms with Crippen molar-refractivity contribution in [3.05, 3.63) is 6.33 Å². The molecule has 0 radical (unpaired) electrons. The quantitative estimate of drug-likeness (QED) is 0.781. The second-order valence-corrected chi connectivity index (χ2v) is 4.62. The highest BCUT2D eigenvalue weighted by atomic mass is 16.6. The van der Waals surface area contributed by atoms with Crippen molar-refractivity contribution >= 4 is 5.82 Å². The SMILES string of the molecule is CNc1ncnc(OCCOC(C)(C)C)c1OC. The van der Waals surface area contributed by atoms with Crippen LogP contribution < -0.4 is 14.8 Å². The standard InChI is InChI=1S/C12H21N3O3/c1-12(2,3)18-7-6-17-11-9(16-5)10(13-4)14-8-15-11/h8H,6-7H2,1-5H3,(H,13,14,15). The second kappa shape index (κ2) is 6.39. The number of hydrogen-bond acceptors (Lipinski definition) is 6. The molecule has 6 nitrogen and oxygen atoms in total. The normalized spacial score (nSPS) is 11.2. The minimum absolute atomic E-state index is 0.171. The summed E-state index contributed by atoms with van der Waals surface area (Å²) >= 11 is 0. The average Bonchev–Trinajstić information content (AvgIpc) is 2.32. The molecule has 0 aliphatic heterocycles. The molecule has 0 atom stereocenters. The Hall–Kier alpha value is -1.56. The summed E-state index contributed by atoms with van der Waals surface area (Å²) < 4.78 is 16.3. The number of aromatic nitrogens is 2. The number of nitrogens with zero attached hydrogens (tertiary/aromatic N) is 2. The third-order valence-electron chi connectivity index (χ3n) is 2.07. The van der Waals surface area contributed by atoms with E-state index in [9.17, 15) is 0 Å². The highest BCUT2D eigenvalue weighted by Crippen LogP contribution is 2.30. The van der Waals surface area contributed by atoms with E-state index in [1.807, 2.05) is 20.8 Å². The van der Waals surface area contributed by atoms with E-state index >= 15 is 0 Å². The van der Waals surface area contributed by atoms with Crippen LogP contribution in [0.25, 0.3) is 0 Å². The van der Waals surface area contributed by atoms with Gasteiger partial charge in [0.2, 0.25) is 5.75 Å². The molecule has 0 spiro atoms. The van der Waals surface area contributed by atoms with Crippen LogP contribution in [0.5, 0.6) is 11.6 Å². The molecule has 0 amide bonds. The summed E-state index contributed by atoms with van der Waals surface area (Å²) in [6, 6.07) is 0. The zero-order chi connectivity index (χ0) is 13.6. The Morgan fingerprint density at radius 3 is 2.50 bits per heavy atom. The summed E-state index contributed by atoms with van der Waals surface area (Å²) in [5.74, 6) is 1.50. The first kappa shape index (κ1) is 14.5. The van der Waals surface area contributed by atoms with E-state index < -0.39 is 0 Å². The Labute approximate surface area is 108 Å². The number of anilines is 1. The fourth-order valence-corrected chi connectivity index (χ4v) is 1.31. The summed E-state index contributed by atoms with van der Waals surface area (Å²) in [4.78, 5) is 8.08. The number of methoxy groups -OCH3 is 1. The molecule has 0 aliphatic rings. The predicted molar refractivity (Wildman–Crippen MR) is 69.3 cm³/mol. The third kappa shape index (κ3) is 4.37. The molecule has 1 aromatic heterocycles. The van der Waals surface area contributed by atoms with Crippen LogP contribution in [0.4, 0.5) is 5.82 Å². The van der Waals surface area contributed by atoms with Gasteiger partial charge in [0, 0.05) is 7.05 Å². The summed E-state index contributed by atoms with van der Waals surface area (Å²) in [7, 11) is 3.31. The van der Waals surface area contributed by atoms with Gasteiger partial charge in [-0.15, -0.1) is 0 Å². The van der Waals surface area contributed by atoms with Crippen molar-refractivity contribution in [2.75, 3.05) is 32.7 Å². The van der Waals surface area contributed by atoms with Gasteiger partial charge in [0.05, 0.1) is 19.3 Å². The van der Waals surface area contributed by atoms with Crippen LogP contribution in [-0.2, 0) is 4.74 Å². The van der Waals surface area contributed by atoms with Crippen molar-refractivity contribution in [3.8, 4) is 11.6 Å². The van der Waals surface area contributed by atoms with Gasteiger partial charge >= 0.3 is 0 Å². The Bertz CT molecular complexity index is 377. The topological polar surface area (TPSA) is 65.5 Å². The number of nitrogens with one attached hydrogen (secondary N) is 1. The van der Waals surface area contributed by atoms with Crippen LogP contribution in [0.1, 0.15) is 20.8 Å². The number of hydrogen-bond donors (Lipinski definition) is 1. The van der Waals surface area contributed by atoms with Gasteiger partial charge in [0.15, 0.2) is 5.82 Å². The van der Waals surface area contributed by atoms with Crippen LogP contribution >= 0.6 is 0 Å². The Balaban J connectivity index is 2.57. The van der Waals surface area contributed by atoms with Crippen LogP contribution in [0, 0.1) is 0 Å². The smallest absolute Gasteiger partial charge is 0.262 e. The largest absolute Gasteiger partial charge is 0.489 e. The van der Waals surface area contributed by atoms with Crippen LogP contribution in [-0.4, -0.2) is 42.9 Å². The lowest BCUT2D eigenvalue weighted by Crippen LogP contribution is -2.22. The molecular formula is C12H21N3O3. The monoisotopic (exact) mass is 255 g/mol. The van der Waals surface area contributed by atoms with Crippen LogP contribution in [0.15, 0.2) is 6.33 Å². The van der Waals surface area contributed by atoms with E-state index in [0.29, 0.717) is 30.7 Å². The molecule has 0 unspecified atom stereocenters. The Morgan fingerprint density at radius 2 is 1.94 bits per heavy atom. The van der Waals surface area contributed by atoms with Crippen molar-refractivity contribution in [3.63, 3.8) is 0 Å². The molecule has 18 heavy (non-hydrogen) atoms. The summed E-state index contributed by atoms with van der Waals surface area (Å²) in [6.07, 6.45) is 1.42. The van der Waals surface area contributed by atoms with Gasteiger partial charge in [0.1, 0.15) is 12.9 Å². The highest BCUT2D eigenvalue weighted by Gasteiger charge is 2.13. The summed E-state index contributed by atoms with van der Waals surface area (Å²) in [6.45, 7) is 6.89. The van der Waals surface area contributed by atoms with Crippen molar-refractivity contribution in [2.45, 2.75) is 26.4 Å². The second-order valence-electron chi connectivity index (χ2n) is 4.62. The van der Waals surface area contributed by atoms with Crippen molar-refractivity contribution in [2.24, 2.45) is 0 Å². The maximum atomic E-state index is 5.56. The molecule has 0 aliphatic carbocycles. The first-order chi connectivity index (χ1) is 8.48. The first-order valence-electron chi connectivity index (χ1n) is 5.81. The van der Waals surface area contributed by atoms with Gasteiger partial charge < -0.3 is 19.5 Å². The highest BCUT2D eigenvalue weighted by molar-refractivity contribution is 5.54. The minimum Gasteiger partial charge on any atom is -0.489 e. The molecule has 1 rings (SSSR count). The molecule has 102 valence electrons. The molecule has 0 saturated heterocycles. The van der Waals surface area contributed by atoms with Crippen molar-refractivity contribution < 1.29 is 14.2 Å². The van der Waals surface area contributed by atoms with E-state index in [2.05, 4.69) is 15.3 Å². The van der Waals surface area contributed by atoms with E-state index in [1.165, 1.54) is 6.33 Å². The Morgan fingerprint density at radius 1 is 1.22 bits per heavy atom. The predicted octanol–water partition coefficient (Wildman–Crippen LogP) is 1.72. The van der Waals surface area contributed by atoms with Gasteiger partial charge in [0.25, 0.3) is 5.88 Å². The van der Waals surface area contributed by atoms with Crippen LogP contribution in [0.2, 0.25) is 0 Å². The number of ether oxygens (including phenoxy) is 3. The lowest BCUT2D eigenvalue weighted by atomic mass is 10.2. The molecule has 0 aromatic carbocycles. The van der Waals surface area contributed by atoms with Gasteiger partial charge in [-0.05, 0) is 20.8 Å². The average molecular weight is 255 g/mol. The molecule has 0 fully saturated rings. The molecular weight excluding hydrogens is 234 g/mol. The summed E-state index contributed by atoms with van der Waals surface area (Å²) in [5, 5.41) is 2.91. The first-order valence-corrected chi connectivity index (χ1v) is 5.81. The van der Waals surface area contributed by atoms with Gasteiger partial charge in [-0.3, -0.25) is 0 Å². The molecule has 1 aromatic rings. The zero-order valence-electron chi connectivity index (χ0n) is 11.6. The molecule has 0 saturated carbocycles. The lowest BCUT2D eigenvalue weighted by molar-refractivity contribution is -0.0170. The Kier molecular flexibility index (Phi) is 5.15. The fourth-order valence-electron chi connectivity index (χ4n) is 1.31. The van der Waals surface area contributed by atoms with E-state index in [1.54, 1.807) is 14.2 Å². The minimum atomic E-state index is -0.171. The molecule has 1 heterocycles. The maximum absolute atomic E-state index is 5.56. The van der Waals surface area contributed by atoms with Crippen molar-refractivity contribution in [1.82, 2.24) is 9.97 Å². The van der Waals surface area contributed by atoms with E-state index in [-0.39, 0.29) is 5.60 Å². The van der Waals surface area contributed by atoms with E-state index in [4.69, 9.17) is 14.2 Å². The van der Waals surface area contributed by atoms with E-state index in [0.717, 1.165) is 0 Å². The zero-order valence-corrected chi connectivity index (χ0v) is 11.6. The van der Waals surface area contributed by atoms with Gasteiger partial charge in [-0.2, -0.15) is 4.98 Å². The van der Waals surface area contributed by atoms with Crippen molar-refractivity contribution in [1.29, 1.82) is 0 Å². The summed E-state index contributed by atoms with van der Waals surface area (Å²) in [5.41, 5.74) is -0.171. The van der Waals surface area contributed by atoms with Gasteiger partial charge in [-0.1, -0.05) is 0 Å². The molecule has 6 heteroatoms.